The van der Waals surface area contributed by atoms with Crippen molar-refractivity contribution >= 4 is 11.7 Å². The van der Waals surface area contributed by atoms with Crippen molar-refractivity contribution in [3.05, 3.63) is 30.2 Å². The van der Waals surface area contributed by atoms with E-state index in [9.17, 15) is 9.90 Å². The molecule has 0 bridgehead atoms. The highest BCUT2D eigenvalue weighted by Gasteiger charge is 2.22. The molecule has 0 radical (unpaired) electrons. The van der Waals surface area contributed by atoms with Gasteiger partial charge in [-0.3, -0.25) is 0 Å². The summed E-state index contributed by atoms with van der Waals surface area (Å²) >= 11 is 0. The number of aromatic nitrogens is 2. The molecule has 1 aliphatic heterocycles. The van der Waals surface area contributed by atoms with Gasteiger partial charge in [0.1, 0.15) is 0 Å². The van der Waals surface area contributed by atoms with Crippen molar-refractivity contribution in [2.45, 2.75) is 25.9 Å². The number of piperidine rings is 1. The summed E-state index contributed by atoms with van der Waals surface area (Å²) in [4.78, 5) is 18.2. The quantitative estimate of drug-likeness (QED) is 0.885. The van der Waals surface area contributed by atoms with E-state index in [2.05, 4.69) is 15.5 Å². The fourth-order valence-corrected chi connectivity index (χ4v) is 2.46. The minimum absolute atomic E-state index is 0.181. The maximum absolute atomic E-state index is 12.3. The molecule has 1 saturated heterocycles. The Morgan fingerprint density at radius 2 is 2.09 bits per heavy atom. The summed E-state index contributed by atoms with van der Waals surface area (Å²) < 4.78 is 4.99. The van der Waals surface area contributed by atoms with Crippen LogP contribution < -0.4 is 5.32 Å². The van der Waals surface area contributed by atoms with Gasteiger partial charge in [0.25, 0.3) is 0 Å². The van der Waals surface area contributed by atoms with Crippen molar-refractivity contribution < 1.29 is 14.4 Å². The van der Waals surface area contributed by atoms with Crippen molar-refractivity contribution in [3.8, 4) is 11.4 Å². The number of amides is 2. The zero-order chi connectivity index (χ0) is 15.5. The lowest BCUT2D eigenvalue weighted by Gasteiger charge is -2.29. The van der Waals surface area contributed by atoms with Crippen LogP contribution in [0.5, 0.6) is 0 Å². The van der Waals surface area contributed by atoms with Crippen LogP contribution >= 0.6 is 0 Å². The molecule has 1 aromatic carbocycles. The van der Waals surface area contributed by atoms with E-state index in [1.54, 1.807) is 17.9 Å². The predicted octanol–water partition coefficient (Wildman–Crippen LogP) is 2.03. The van der Waals surface area contributed by atoms with Crippen LogP contribution in [0.15, 0.2) is 28.8 Å². The third-order valence-corrected chi connectivity index (χ3v) is 3.69. The number of anilines is 1. The molecule has 1 aromatic heterocycles. The highest BCUT2D eigenvalue weighted by Crippen LogP contribution is 2.26. The van der Waals surface area contributed by atoms with Crippen LogP contribution in [0.4, 0.5) is 10.5 Å². The second-order valence-corrected chi connectivity index (χ2v) is 5.33. The number of likely N-dealkylation sites (tertiary alicyclic amines) is 1. The average Bonchev–Trinajstić information content (AvgIpc) is 2.95. The molecule has 0 saturated carbocycles. The molecule has 3 rings (SSSR count). The van der Waals surface area contributed by atoms with Crippen LogP contribution in [0.1, 0.15) is 18.7 Å². The van der Waals surface area contributed by atoms with E-state index < -0.39 is 0 Å². The van der Waals surface area contributed by atoms with Gasteiger partial charge in [-0.1, -0.05) is 17.3 Å². The van der Waals surface area contributed by atoms with Crippen LogP contribution in [-0.2, 0) is 0 Å². The zero-order valence-electron chi connectivity index (χ0n) is 12.3. The molecule has 0 spiro atoms. The molecule has 7 heteroatoms. The largest absolute Gasteiger partial charge is 0.393 e. The molecule has 1 aliphatic rings. The van der Waals surface area contributed by atoms with Crippen LogP contribution in [0.2, 0.25) is 0 Å². The second-order valence-electron chi connectivity index (χ2n) is 5.33. The molecule has 0 aliphatic carbocycles. The Morgan fingerprint density at radius 3 is 2.77 bits per heavy atom. The Hall–Kier alpha value is -2.41. The Morgan fingerprint density at radius 1 is 1.36 bits per heavy atom. The number of hydrogen-bond donors (Lipinski definition) is 2. The van der Waals surface area contributed by atoms with Crippen LogP contribution in [0.3, 0.4) is 0 Å². The monoisotopic (exact) mass is 302 g/mol. The molecule has 22 heavy (non-hydrogen) atoms. The number of aliphatic hydroxyl groups is 1. The van der Waals surface area contributed by atoms with Gasteiger partial charge in [0, 0.05) is 25.6 Å². The fraction of sp³-hybridized carbons (Fsp3) is 0.400. The summed E-state index contributed by atoms with van der Waals surface area (Å²) in [5.74, 6) is 0.920. The van der Waals surface area contributed by atoms with E-state index in [-0.39, 0.29) is 12.1 Å². The highest BCUT2D eigenvalue weighted by atomic mass is 16.5. The second kappa shape index (κ2) is 6.15. The number of nitrogens with zero attached hydrogens (tertiary/aromatic N) is 3. The Kier molecular flexibility index (Phi) is 4.06. The minimum atomic E-state index is -0.307. The first-order valence-electron chi connectivity index (χ1n) is 7.27. The molecular weight excluding hydrogens is 284 g/mol. The number of aliphatic hydroxyl groups excluding tert-OH is 1. The van der Waals surface area contributed by atoms with Gasteiger partial charge < -0.3 is 19.8 Å². The van der Waals surface area contributed by atoms with E-state index in [1.807, 2.05) is 18.2 Å². The fourth-order valence-electron chi connectivity index (χ4n) is 2.46. The number of carbonyl (C=O) groups excluding carboxylic acids is 1. The molecule has 2 amide bonds. The molecule has 7 nitrogen and oxygen atoms in total. The average molecular weight is 302 g/mol. The first-order valence-corrected chi connectivity index (χ1v) is 7.27. The Balaban J connectivity index is 1.76. The molecule has 2 heterocycles. The van der Waals surface area contributed by atoms with Gasteiger partial charge in [0.05, 0.1) is 11.8 Å². The molecule has 2 N–H and O–H groups in total. The van der Waals surface area contributed by atoms with E-state index in [0.29, 0.717) is 48.9 Å². The summed E-state index contributed by atoms with van der Waals surface area (Å²) in [5.41, 5.74) is 1.35. The molecule has 116 valence electrons. The summed E-state index contributed by atoms with van der Waals surface area (Å²) in [5, 5.41) is 16.3. The van der Waals surface area contributed by atoms with Crippen LogP contribution in [0.25, 0.3) is 11.4 Å². The topological polar surface area (TPSA) is 91.5 Å². The molecule has 1 fully saturated rings. The number of nitrogens with one attached hydrogen (secondary N) is 1. The minimum Gasteiger partial charge on any atom is -0.393 e. The number of hydrogen-bond acceptors (Lipinski definition) is 5. The van der Waals surface area contributed by atoms with Crippen molar-refractivity contribution in [3.63, 3.8) is 0 Å². The van der Waals surface area contributed by atoms with Crippen molar-refractivity contribution in [2.75, 3.05) is 18.4 Å². The van der Waals surface area contributed by atoms with Crippen LogP contribution in [0, 0.1) is 6.92 Å². The smallest absolute Gasteiger partial charge is 0.321 e. The normalized spacial score (nSPS) is 15.8. The maximum Gasteiger partial charge on any atom is 0.321 e. The number of rotatable bonds is 2. The number of carbonyl (C=O) groups is 1. The van der Waals surface area contributed by atoms with E-state index in [0.717, 1.165) is 0 Å². The van der Waals surface area contributed by atoms with E-state index >= 15 is 0 Å². The van der Waals surface area contributed by atoms with E-state index in [4.69, 9.17) is 4.52 Å². The van der Waals surface area contributed by atoms with Crippen molar-refractivity contribution in [2.24, 2.45) is 0 Å². The van der Waals surface area contributed by atoms with Gasteiger partial charge in [0.2, 0.25) is 11.7 Å². The van der Waals surface area contributed by atoms with Gasteiger partial charge in [-0.15, -0.1) is 0 Å². The number of aryl methyl sites for hydroxylation is 1. The van der Waals surface area contributed by atoms with Crippen molar-refractivity contribution in [1.29, 1.82) is 0 Å². The van der Waals surface area contributed by atoms with Gasteiger partial charge in [-0.25, -0.2) is 4.79 Å². The Bertz CT molecular complexity index is 662. The highest BCUT2D eigenvalue weighted by molar-refractivity contribution is 5.93. The van der Waals surface area contributed by atoms with Gasteiger partial charge in [-0.2, -0.15) is 4.98 Å². The summed E-state index contributed by atoms with van der Waals surface area (Å²) in [6.07, 6.45) is 0.914. The van der Waals surface area contributed by atoms with Gasteiger partial charge in [0.15, 0.2) is 0 Å². The van der Waals surface area contributed by atoms with E-state index in [1.165, 1.54) is 0 Å². The lowest BCUT2D eigenvalue weighted by atomic mass is 10.1. The predicted molar refractivity (Wildman–Crippen MR) is 80.3 cm³/mol. The maximum atomic E-state index is 12.3. The number of benzene rings is 1. The zero-order valence-corrected chi connectivity index (χ0v) is 12.3. The number of urea groups is 1. The third kappa shape index (κ3) is 3.09. The lowest BCUT2D eigenvalue weighted by molar-refractivity contribution is 0.0972. The lowest BCUT2D eigenvalue weighted by Crippen LogP contribution is -2.42. The first-order chi connectivity index (χ1) is 10.6. The van der Waals surface area contributed by atoms with Crippen molar-refractivity contribution in [1.82, 2.24) is 15.0 Å². The number of para-hydroxylation sites is 1. The summed E-state index contributed by atoms with van der Waals surface area (Å²) in [6, 6.07) is 7.15. The first kappa shape index (κ1) is 14.5. The third-order valence-electron chi connectivity index (χ3n) is 3.69. The van der Waals surface area contributed by atoms with Gasteiger partial charge in [-0.05, 0) is 25.0 Å². The standard InChI is InChI=1S/C15H18N4O3/c1-10-16-14(18-22-10)12-4-2-3-5-13(12)17-15(21)19-8-6-11(20)7-9-19/h2-5,11,20H,6-9H2,1H3,(H,17,21). The molecular formula is C15H18N4O3. The molecule has 0 atom stereocenters. The summed E-state index contributed by atoms with van der Waals surface area (Å²) in [6.45, 7) is 2.82. The molecule has 2 aromatic rings. The van der Waals surface area contributed by atoms with Crippen LogP contribution in [-0.4, -0.2) is 45.4 Å². The molecule has 0 unspecified atom stereocenters. The SMILES string of the molecule is Cc1nc(-c2ccccc2NC(=O)N2CCC(O)CC2)no1. The van der Waals surface area contributed by atoms with Gasteiger partial charge >= 0.3 is 6.03 Å². The Labute approximate surface area is 127 Å². The summed E-state index contributed by atoms with van der Waals surface area (Å²) in [7, 11) is 0.